The Morgan fingerprint density at radius 1 is 1.13 bits per heavy atom. The summed E-state index contributed by atoms with van der Waals surface area (Å²) in [5.74, 6) is 0.177. The maximum absolute atomic E-state index is 12.7. The third kappa shape index (κ3) is 3.46. The van der Waals surface area contributed by atoms with Crippen LogP contribution in [0.25, 0.3) is 11.2 Å². The molecule has 0 radical (unpaired) electrons. The second-order valence-electron chi connectivity index (χ2n) is 7.24. The molecule has 4 rings (SSSR count). The second-order valence-corrected chi connectivity index (χ2v) is 7.24. The zero-order chi connectivity index (χ0) is 21.3. The number of rotatable bonds is 5. The molecular formula is C19H23N7O4. The van der Waals surface area contributed by atoms with Crippen molar-refractivity contribution in [3.05, 3.63) is 45.6 Å². The van der Waals surface area contributed by atoms with Gasteiger partial charge in [0.25, 0.3) is 5.56 Å². The molecule has 1 aliphatic rings. The number of imidazole rings is 1. The van der Waals surface area contributed by atoms with E-state index in [0.717, 1.165) is 17.4 Å². The van der Waals surface area contributed by atoms with E-state index >= 15 is 0 Å². The van der Waals surface area contributed by atoms with Gasteiger partial charge in [0.1, 0.15) is 12.6 Å². The number of nitrogens with zero attached hydrogens (tertiary/aromatic N) is 7. The van der Waals surface area contributed by atoms with Gasteiger partial charge in [-0.15, -0.1) is 0 Å². The Balaban J connectivity index is 1.47. The van der Waals surface area contributed by atoms with E-state index in [0.29, 0.717) is 30.1 Å². The lowest BCUT2D eigenvalue weighted by atomic mass is 10.0. The SMILES string of the molecule is Cn1c(=O)c2c(ncn2CCOC(=O)C2CCCCN2c2ncccn2)n(C)c1=O. The number of aromatic nitrogens is 6. The maximum Gasteiger partial charge on any atom is 0.332 e. The Kier molecular flexibility index (Phi) is 5.34. The molecule has 158 valence electrons. The van der Waals surface area contributed by atoms with Crippen molar-refractivity contribution in [3.63, 3.8) is 0 Å². The number of ether oxygens (including phenoxy) is 1. The predicted molar refractivity (Wildman–Crippen MR) is 108 cm³/mol. The van der Waals surface area contributed by atoms with Crippen molar-refractivity contribution in [1.82, 2.24) is 28.7 Å². The maximum atomic E-state index is 12.7. The van der Waals surface area contributed by atoms with Gasteiger partial charge in [0.05, 0.1) is 12.9 Å². The quantitative estimate of drug-likeness (QED) is 0.529. The number of fused-ring (bicyclic) bond motifs is 1. The van der Waals surface area contributed by atoms with Crippen molar-refractivity contribution >= 4 is 23.1 Å². The fourth-order valence-electron chi connectivity index (χ4n) is 3.76. The van der Waals surface area contributed by atoms with E-state index < -0.39 is 17.3 Å². The molecule has 0 N–H and O–H groups in total. The Bertz CT molecular complexity index is 1180. The van der Waals surface area contributed by atoms with Crippen LogP contribution in [0.2, 0.25) is 0 Å². The highest BCUT2D eigenvalue weighted by molar-refractivity contribution is 5.79. The highest BCUT2D eigenvalue weighted by Gasteiger charge is 2.31. The molecular weight excluding hydrogens is 390 g/mol. The van der Waals surface area contributed by atoms with Gasteiger partial charge >= 0.3 is 11.7 Å². The van der Waals surface area contributed by atoms with E-state index in [-0.39, 0.29) is 19.1 Å². The van der Waals surface area contributed by atoms with Gasteiger partial charge in [-0.3, -0.25) is 13.9 Å². The van der Waals surface area contributed by atoms with Crippen molar-refractivity contribution in [2.75, 3.05) is 18.1 Å². The molecule has 3 aromatic heterocycles. The summed E-state index contributed by atoms with van der Waals surface area (Å²) in [6.07, 6.45) is 7.34. The number of carbonyl (C=O) groups is 1. The zero-order valence-electron chi connectivity index (χ0n) is 16.9. The molecule has 3 aromatic rings. The fraction of sp³-hybridized carbons (Fsp3) is 0.474. The number of aryl methyl sites for hydroxylation is 1. The van der Waals surface area contributed by atoms with Gasteiger partial charge in [-0.2, -0.15) is 0 Å². The summed E-state index contributed by atoms with van der Waals surface area (Å²) in [6, 6.07) is 1.30. The molecule has 30 heavy (non-hydrogen) atoms. The number of piperidine rings is 1. The number of carbonyl (C=O) groups excluding carboxylic acids is 1. The third-order valence-electron chi connectivity index (χ3n) is 5.38. The van der Waals surface area contributed by atoms with E-state index in [2.05, 4.69) is 15.0 Å². The lowest BCUT2D eigenvalue weighted by Gasteiger charge is -2.33. The first kappa shape index (κ1) is 19.8. The topological polar surface area (TPSA) is 117 Å². The van der Waals surface area contributed by atoms with Crippen LogP contribution >= 0.6 is 0 Å². The first-order valence-corrected chi connectivity index (χ1v) is 9.80. The van der Waals surface area contributed by atoms with E-state index in [1.807, 2.05) is 4.90 Å². The molecule has 1 atom stereocenters. The second kappa shape index (κ2) is 8.09. The fourth-order valence-corrected chi connectivity index (χ4v) is 3.76. The van der Waals surface area contributed by atoms with Crippen molar-refractivity contribution in [2.24, 2.45) is 14.1 Å². The first-order chi connectivity index (χ1) is 14.5. The summed E-state index contributed by atoms with van der Waals surface area (Å²) in [7, 11) is 2.98. The molecule has 0 spiro atoms. The molecule has 1 saturated heterocycles. The van der Waals surface area contributed by atoms with Gasteiger partial charge in [0.2, 0.25) is 5.95 Å². The standard InChI is InChI=1S/C19H23N7O4/c1-23-15-14(16(27)24(2)19(23)29)25(12-22-15)10-11-30-17(28)13-6-3-4-9-26(13)18-20-7-5-8-21-18/h5,7-8,12-13H,3-4,6,9-11H2,1-2H3. The van der Waals surface area contributed by atoms with E-state index in [4.69, 9.17) is 4.74 Å². The molecule has 1 fully saturated rings. The molecule has 0 aliphatic carbocycles. The largest absolute Gasteiger partial charge is 0.462 e. The van der Waals surface area contributed by atoms with Crippen molar-refractivity contribution < 1.29 is 9.53 Å². The van der Waals surface area contributed by atoms with Crippen LogP contribution in [-0.2, 0) is 30.2 Å². The Morgan fingerprint density at radius 2 is 1.90 bits per heavy atom. The van der Waals surface area contributed by atoms with Crippen LogP contribution in [0.1, 0.15) is 19.3 Å². The van der Waals surface area contributed by atoms with E-state index in [9.17, 15) is 14.4 Å². The minimum Gasteiger partial charge on any atom is -0.462 e. The average Bonchev–Trinajstić information content (AvgIpc) is 3.21. The number of hydrogen-bond acceptors (Lipinski definition) is 8. The van der Waals surface area contributed by atoms with Gasteiger partial charge in [-0.05, 0) is 25.3 Å². The van der Waals surface area contributed by atoms with Crippen molar-refractivity contribution in [3.8, 4) is 0 Å². The molecule has 0 bridgehead atoms. The van der Waals surface area contributed by atoms with Crippen LogP contribution in [0.15, 0.2) is 34.4 Å². The number of anilines is 1. The van der Waals surface area contributed by atoms with Crippen LogP contribution in [0.3, 0.4) is 0 Å². The van der Waals surface area contributed by atoms with E-state index in [1.165, 1.54) is 17.9 Å². The smallest absolute Gasteiger partial charge is 0.332 e. The minimum absolute atomic E-state index is 0.0796. The molecule has 1 unspecified atom stereocenters. The number of esters is 1. The monoisotopic (exact) mass is 413 g/mol. The van der Waals surface area contributed by atoms with Crippen LogP contribution in [-0.4, -0.2) is 53.8 Å². The molecule has 11 heteroatoms. The molecule has 0 amide bonds. The van der Waals surface area contributed by atoms with Gasteiger partial charge in [0, 0.05) is 33.0 Å². The lowest BCUT2D eigenvalue weighted by Crippen LogP contribution is -2.46. The van der Waals surface area contributed by atoms with Crippen LogP contribution in [0.5, 0.6) is 0 Å². The van der Waals surface area contributed by atoms with E-state index in [1.54, 1.807) is 30.1 Å². The van der Waals surface area contributed by atoms with Crippen LogP contribution in [0.4, 0.5) is 5.95 Å². The summed E-state index contributed by atoms with van der Waals surface area (Å²) in [4.78, 5) is 51.8. The molecule has 0 saturated carbocycles. The summed E-state index contributed by atoms with van der Waals surface area (Å²) >= 11 is 0. The molecule has 11 nitrogen and oxygen atoms in total. The minimum atomic E-state index is -0.440. The third-order valence-corrected chi connectivity index (χ3v) is 5.38. The lowest BCUT2D eigenvalue weighted by molar-refractivity contribution is -0.146. The van der Waals surface area contributed by atoms with Gasteiger partial charge in [-0.25, -0.2) is 24.5 Å². The highest BCUT2D eigenvalue weighted by Crippen LogP contribution is 2.22. The Hall–Kier alpha value is -3.50. The normalized spacial score (nSPS) is 16.7. The van der Waals surface area contributed by atoms with Crippen LogP contribution in [0, 0.1) is 0 Å². The summed E-state index contributed by atoms with van der Waals surface area (Å²) in [5, 5.41) is 0. The Labute approximate surface area is 171 Å². The molecule has 0 aromatic carbocycles. The summed E-state index contributed by atoms with van der Waals surface area (Å²) in [5.41, 5.74) is -0.275. The van der Waals surface area contributed by atoms with Gasteiger partial charge in [0.15, 0.2) is 11.2 Å². The number of hydrogen-bond donors (Lipinski definition) is 0. The van der Waals surface area contributed by atoms with Gasteiger partial charge < -0.3 is 14.2 Å². The highest BCUT2D eigenvalue weighted by atomic mass is 16.5. The van der Waals surface area contributed by atoms with Gasteiger partial charge in [-0.1, -0.05) is 0 Å². The average molecular weight is 413 g/mol. The Morgan fingerprint density at radius 3 is 2.67 bits per heavy atom. The predicted octanol–water partition coefficient (Wildman–Crippen LogP) is -0.174. The zero-order valence-corrected chi connectivity index (χ0v) is 16.9. The summed E-state index contributed by atoms with van der Waals surface area (Å²) < 4.78 is 9.47. The summed E-state index contributed by atoms with van der Waals surface area (Å²) in [6.45, 7) is 1.03. The first-order valence-electron chi connectivity index (χ1n) is 9.80. The van der Waals surface area contributed by atoms with Crippen LogP contribution < -0.4 is 16.1 Å². The molecule has 4 heterocycles. The molecule has 1 aliphatic heterocycles. The van der Waals surface area contributed by atoms with Crippen molar-refractivity contribution in [2.45, 2.75) is 31.8 Å². The van der Waals surface area contributed by atoms with Crippen molar-refractivity contribution in [1.29, 1.82) is 0 Å².